The van der Waals surface area contributed by atoms with Crippen molar-refractivity contribution in [2.75, 3.05) is 13.1 Å². The number of aryl methyl sites for hydroxylation is 1. The van der Waals surface area contributed by atoms with Gasteiger partial charge in [0.05, 0.1) is 28.4 Å². The minimum atomic E-state index is -3.88. The van der Waals surface area contributed by atoms with Crippen LogP contribution in [0.1, 0.15) is 22.5 Å². The number of para-hydroxylation sites is 1. The Hall–Kier alpha value is -3.72. The highest BCUT2D eigenvalue weighted by Gasteiger charge is 2.26. The number of halogens is 1. The molecule has 3 aromatic carbocycles. The van der Waals surface area contributed by atoms with Gasteiger partial charge in [0.2, 0.25) is 10.0 Å². The highest BCUT2D eigenvalue weighted by atomic mass is 35.5. The van der Waals surface area contributed by atoms with Crippen molar-refractivity contribution in [3.8, 4) is 5.69 Å². The third-order valence-corrected chi connectivity index (χ3v) is 8.33. The molecule has 0 aliphatic heterocycles. The van der Waals surface area contributed by atoms with E-state index < -0.39 is 15.9 Å². The number of nitrogens with zero attached hydrogens (tertiary/aromatic N) is 3. The van der Waals surface area contributed by atoms with Crippen LogP contribution in [0.3, 0.4) is 0 Å². The van der Waals surface area contributed by atoms with Gasteiger partial charge >= 0.3 is 0 Å². The smallest absolute Gasteiger partial charge is 0.255 e. The molecule has 0 bridgehead atoms. The Morgan fingerprint density at radius 1 is 0.974 bits per heavy atom. The van der Waals surface area contributed by atoms with Crippen LogP contribution in [0.15, 0.2) is 101 Å². The molecular weight excluding hydrogens is 520 g/mol. The zero-order valence-electron chi connectivity index (χ0n) is 21.2. The maximum Gasteiger partial charge on any atom is 0.255 e. The Kier molecular flexibility index (Phi) is 8.78. The summed E-state index contributed by atoms with van der Waals surface area (Å²) < 4.78 is 29.9. The molecule has 4 aromatic rings. The Morgan fingerprint density at radius 3 is 2.29 bits per heavy atom. The molecule has 1 amide bonds. The summed E-state index contributed by atoms with van der Waals surface area (Å²) >= 11 is 6.39. The molecule has 1 aromatic heterocycles. The zero-order valence-corrected chi connectivity index (χ0v) is 22.8. The predicted molar refractivity (Wildman–Crippen MR) is 151 cm³/mol. The SMILES string of the molecule is Cc1cc(/C=N\NC(=O)CN(CCc2ccccc2)S(=O)(=O)c2ccccc2)c(C)n1-c1ccccc1Cl. The number of sulfonamides is 1. The molecule has 1 heterocycles. The number of rotatable bonds is 10. The number of nitrogens with one attached hydrogen (secondary N) is 1. The average Bonchev–Trinajstić information content (AvgIpc) is 3.20. The van der Waals surface area contributed by atoms with Crippen molar-refractivity contribution < 1.29 is 13.2 Å². The van der Waals surface area contributed by atoms with Crippen LogP contribution < -0.4 is 5.43 Å². The van der Waals surface area contributed by atoms with E-state index in [0.29, 0.717) is 11.4 Å². The number of aromatic nitrogens is 1. The van der Waals surface area contributed by atoms with Crippen molar-refractivity contribution in [1.82, 2.24) is 14.3 Å². The summed E-state index contributed by atoms with van der Waals surface area (Å²) in [6.07, 6.45) is 2.02. The van der Waals surface area contributed by atoms with Crippen LogP contribution in [-0.4, -0.2) is 42.5 Å². The molecule has 4 rings (SSSR count). The lowest BCUT2D eigenvalue weighted by molar-refractivity contribution is -0.121. The molecule has 0 aliphatic carbocycles. The molecule has 0 saturated heterocycles. The quantitative estimate of drug-likeness (QED) is 0.220. The summed E-state index contributed by atoms with van der Waals surface area (Å²) in [7, 11) is -3.88. The lowest BCUT2D eigenvalue weighted by Crippen LogP contribution is -2.40. The molecule has 0 fully saturated rings. The fourth-order valence-corrected chi connectivity index (χ4v) is 5.85. The van der Waals surface area contributed by atoms with Gasteiger partial charge in [-0.25, -0.2) is 13.8 Å². The molecule has 0 aliphatic rings. The molecule has 0 unspecified atom stereocenters. The summed E-state index contributed by atoms with van der Waals surface area (Å²) in [6, 6.07) is 27.2. The lowest BCUT2D eigenvalue weighted by Gasteiger charge is -2.21. The van der Waals surface area contributed by atoms with Crippen LogP contribution in [0.2, 0.25) is 5.02 Å². The van der Waals surface area contributed by atoms with E-state index in [2.05, 4.69) is 10.5 Å². The Balaban J connectivity index is 1.48. The van der Waals surface area contributed by atoms with Crippen molar-refractivity contribution in [3.63, 3.8) is 0 Å². The third-order valence-electron chi connectivity index (χ3n) is 6.15. The summed E-state index contributed by atoms with van der Waals surface area (Å²) in [4.78, 5) is 12.9. The first-order valence-corrected chi connectivity index (χ1v) is 13.9. The zero-order chi connectivity index (χ0) is 27.1. The van der Waals surface area contributed by atoms with E-state index in [0.717, 1.165) is 28.2 Å². The molecule has 0 radical (unpaired) electrons. The molecule has 7 nitrogen and oxygen atoms in total. The van der Waals surface area contributed by atoms with E-state index >= 15 is 0 Å². The van der Waals surface area contributed by atoms with Gasteiger partial charge in [0, 0.05) is 23.5 Å². The number of amides is 1. The van der Waals surface area contributed by atoms with Gasteiger partial charge < -0.3 is 4.57 Å². The fraction of sp³-hybridized carbons (Fsp3) is 0.172. The van der Waals surface area contributed by atoms with Crippen molar-refractivity contribution in [1.29, 1.82) is 0 Å². The predicted octanol–water partition coefficient (Wildman–Crippen LogP) is 5.13. The summed E-state index contributed by atoms with van der Waals surface area (Å²) in [5.74, 6) is -0.534. The Labute approximate surface area is 228 Å². The van der Waals surface area contributed by atoms with Crippen molar-refractivity contribution in [2.45, 2.75) is 25.2 Å². The molecule has 9 heteroatoms. The standard InChI is InChI=1S/C29H29ClN4O3S/c1-22-19-25(23(2)34(22)28-16-10-9-15-27(28)30)20-31-32-29(35)21-33(18-17-24-11-5-3-6-12-24)38(36,37)26-13-7-4-8-14-26/h3-16,19-20H,17-18,21H2,1-2H3,(H,32,35)/b31-20-. The number of hydrogen-bond acceptors (Lipinski definition) is 4. The highest BCUT2D eigenvalue weighted by Crippen LogP contribution is 2.25. The van der Waals surface area contributed by atoms with Gasteiger partial charge in [-0.15, -0.1) is 0 Å². The Bertz CT molecular complexity index is 1530. The second kappa shape index (κ2) is 12.2. The number of benzene rings is 3. The van der Waals surface area contributed by atoms with Crippen LogP contribution in [0, 0.1) is 13.8 Å². The fourth-order valence-electron chi connectivity index (χ4n) is 4.22. The molecule has 0 saturated carbocycles. The second-order valence-electron chi connectivity index (χ2n) is 8.79. The highest BCUT2D eigenvalue weighted by molar-refractivity contribution is 7.89. The Morgan fingerprint density at radius 2 is 1.61 bits per heavy atom. The lowest BCUT2D eigenvalue weighted by atomic mass is 10.1. The monoisotopic (exact) mass is 548 g/mol. The maximum absolute atomic E-state index is 13.3. The van der Waals surface area contributed by atoms with Crippen LogP contribution in [0.5, 0.6) is 0 Å². The van der Waals surface area contributed by atoms with E-state index in [4.69, 9.17) is 11.6 Å². The summed E-state index contributed by atoms with van der Waals surface area (Å²) in [6.45, 7) is 3.69. The topological polar surface area (TPSA) is 83.8 Å². The largest absolute Gasteiger partial charge is 0.316 e. The van der Waals surface area contributed by atoms with Gasteiger partial charge in [0.25, 0.3) is 5.91 Å². The summed E-state index contributed by atoms with van der Waals surface area (Å²) in [5, 5.41) is 4.73. The molecule has 196 valence electrons. The van der Waals surface area contributed by atoms with Crippen molar-refractivity contribution in [2.24, 2.45) is 5.10 Å². The molecule has 38 heavy (non-hydrogen) atoms. The molecule has 0 atom stereocenters. The van der Waals surface area contributed by atoms with E-state index in [-0.39, 0.29) is 18.0 Å². The summed E-state index contributed by atoms with van der Waals surface area (Å²) in [5.41, 5.74) is 6.99. The normalized spacial score (nSPS) is 11.8. The van der Waals surface area contributed by atoms with E-state index in [1.165, 1.54) is 16.4 Å². The van der Waals surface area contributed by atoms with E-state index in [1.54, 1.807) is 24.4 Å². The minimum absolute atomic E-state index is 0.136. The first kappa shape index (κ1) is 27.3. The van der Waals surface area contributed by atoms with E-state index in [1.807, 2.05) is 79.1 Å². The first-order chi connectivity index (χ1) is 18.3. The number of hydrazone groups is 1. The average molecular weight is 549 g/mol. The van der Waals surface area contributed by atoms with Gasteiger partial charge in [-0.2, -0.15) is 9.41 Å². The number of carbonyl (C=O) groups excluding carboxylic acids is 1. The minimum Gasteiger partial charge on any atom is -0.316 e. The van der Waals surface area contributed by atoms with Crippen LogP contribution in [0.25, 0.3) is 5.69 Å². The van der Waals surface area contributed by atoms with Crippen LogP contribution >= 0.6 is 11.6 Å². The van der Waals surface area contributed by atoms with Gasteiger partial charge in [0.15, 0.2) is 0 Å². The van der Waals surface area contributed by atoms with Crippen molar-refractivity contribution >= 4 is 33.7 Å². The van der Waals surface area contributed by atoms with Gasteiger partial charge in [0.1, 0.15) is 0 Å². The molecule has 0 spiro atoms. The van der Waals surface area contributed by atoms with Gasteiger partial charge in [-0.3, -0.25) is 4.79 Å². The van der Waals surface area contributed by atoms with Crippen LogP contribution in [0.4, 0.5) is 0 Å². The maximum atomic E-state index is 13.3. The van der Waals surface area contributed by atoms with Gasteiger partial charge in [-0.05, 0) is 56.2 Å². The van der Waals surface area contributed by atoms with Crippen molar-refractivity contribution in [3.05, 3.63) is 119 Å². The number of hydrogen-bond donors (Lipinski definition) is 1. The molecule has 1 N–H and O–H groups in total. The third kappa shape index (κ3) is 6.39. The van der Waals surface area contributed by atoms with E-state index in [9.17, 15) is 13.2 Å². The first-order valence-electron chi connectivity index (χ1n) is 12.1. The molecular formula is C29H29ClN4O3S. The second-order valence-corrected chi connectivity index (χ2v) is 11.1. The van der Waals surface area contributed by atoms with Gasteiger partial charge in [-0.1, -0.05) is 72.3 Å². The van der Waals surface area contributed by atoms with Crippen LogP contribution in [-0.2, 0) is 21.2 Å². The number of carbonyl (C=O) groups is 1.